The van der Waals surface area contributed by atoms with Crippen LogP contribution in [0.15, 0.2) is 60.9 Å². The van der Waals surface area contributed by atoms with E-state index in [2.05, 4.69) is 15.3 Å². The van der Waals surface area contributed by atoms with Crippen LogP contribution in [0.5, 0.6) is 5.75 Å². The number of ether oxygens (including phenoxy) is 4. The van der Waals surface area contributed by atoms with Crippen molar-refractivity contribution in [1.82, 2.24) is 9.97 Å². The Morgan fingerprint density at radius 2 is 1.74 bits per heavy atom. The molecule has 0 spiro atoms. The van der Waals surface area contributed by atoms with E-state index in [-0.39, 0.29) is 19.5 Å². The van der Waals surface area contributed by atoms with Crippen LogP contribution < -0.4 is 10.1 Å². The van der Waals surface area contributed by atoms with Gasteiger partial charge in [0.05, 0.1) is 24.3 Å². The van der Waals surface area contributed by atoms with Crippen LogP contribution in [-0.2, 0) is 14.2 Å². The Morgan fingerprint density at radius 3 is 2.40 bits per heavy atom. The quantitative estimate of drug-likeness (QED) is 0.289. The number of anilines is 1. The molecule has 2 aromatic carbocycles. The number of aromatic nitrogens is 2. The van der Waals surface area contributed by atoms with Gasteiger partial charge < -0.3 is 24.3 Å². The van der Waals surface area contributed by atoms with Crippen molar-refractivity contribution in [2.75, 3.05) is 18.7 Å². The highest BCUT2D eigenvalue weighted by Gasteiger charge is 2.21. The first-order chi connectivity index (χ1) is 16.9. The van der Waals surface area contributed by atoms with Gasteiger partial charge in [-0.2, -0.15) is 0 Å². The highest BCUT2D eigenvalue weighted by atomic mass is 35.5. The van der Waals surface area contributed by atoms with E-state index in [1.54, 1.807) is 81.7 Å². The second kappa shape index (κ2) is 12.6. The number of rotatable bonds is 10. The van der Waals surface area contributed by atoms with Crippen LogP contribution in [0.4, 0.5) is 10.7 Å². The zero-order valence-corrected chi connectivity index (χ0v) is 20.3. The molecular weight excluding hydrogens is 474 g/mol. The van der Waals surface area contributed by atoms with Crippen molar-refractivity contribution in [2.45, 2.75) is 32.9 Å². The Labute approximate surface area is 208 Å². The number of hydrogen-bond acceptors (Lipinski definition) is 9. The van der Waals surface area contributed by atoms with Crippen LogP contribution in [0.2, 0.25) is 5.02 Å². The van der Waals surface area contributed by atoms with E-state index < -0.39 is 18.2 Å². The zero-order valence-electron chi connectivity index (χ0n) is 19.6. The topological polar surface area (TPSA) is 109 Å². The third kappa shape index (κ3) is 7.58. The van der Waals surface area contributed by atoms with Crippen molar-refractivity contribution < 1.29 is 28.5 Å². The number of halogens is 1. The minimum atomic E-state index is -0.836. The van der Waals surface area contributed by atoms with E-state index in [0.29, 0.717) is 27.8 Å². The lowest BCUT2D eigenvalue weighted by Gasteiger charge is -2.23. The average molecular weight is 500 g/mol. The summed E-state index contributed by atoms with van der Waals surface area (Å²) in [5, 5.41) is 3.74. The molecule has 35 heavy (non-hydrogen) atoms. The van der Waals surface area contributed by atoms with Gasteiger partial charge in [-0.25, -0.2) is 19.6 Å². The summed E-state index contributed by atoms with van der Waals surface area (Å²) in [6.07, 6.45) is 2.07. The maximum Gasteiger partial charge on any atom is 0.511 e. The summed E-state index contributed by atoms with van der Waals surface area (Å²) in [5.74, 6) is 0.372. The number of nitrogens with zero attached hydrogens (tertiary/aromatic N) is 2. The molecule has 0 fully saturated rings. The van der Waals surface area contributed by atoms with Crippen molar-refractivity contribution in [3.63, 3.8) is 0 Å². The Balaban J connectivity index is 1.92. The summed E-state index contributed by atoms with van der Waals surface area (Å²) in [7, 11) is 0. The van der Waals surface area contributed by atoms with Gasteiger partial charge in [0.1, 0.15) is 5.75 Å². The molecule has 1 aromatic heterocycles. The molecule has 0 bridgehead atoms. The Bertz CT molecular complexity index is 1130. The molecule has 1 atom stereocenters. The van der Waals surface area contributed by atoms with Crippen LogP contribution in [0, 0.1) is 0 Å². The van der Waals surface area contributed by atoms with E-state index in [4.69, 9.17) is 30.5 Å². The van der Waals surface area contributed by atoms with Crippen molar-refractivity contribution in [2.24, 2.45) is 0 Å². The minimum Gasteiger partial charge on any atom is -0.462 e. The molecule has 1 N–H and O–H groups in total. The Hall–Kier alpha value is -3.85. The number of esters is 1. The normalized spacial score (nSPS) is 11.5. The minimum absolute atomic E-state index is 0.284. The molecular formula is C25H26ClN3O6. The average Bonchev–Trinajstić information content (AvgIpc) is 2.84. The molecule has 0 aliphatic heterocycles. The standard InChI is InChI=1S/C25H26ClN3O6/c1-4-32-23(30)18-8-6-17(7-9-18)22(29-24-27-12-5-13-28-24)20-14-19(26)10-11-21(20)33-15-34-25(31)35-16(2)3/h5-14,16,22H,4,15H2,1-3H3,(H,27,28,29). The van der Waals surface area contributed by atoms with Crippen LogP contribution in [-0.4, -0.2) is 41.6 Å². The number of carbonyl (C=O) groups excluding carboxylic acids is 2. The second-order valence-electron chi connectivity index (χ2n) is 7.50. The molecule has 1 unspecified atom stereocenters. The molecule has 3 rings (SSSR count). The van der Waals surface area contributed by atoms with Gasteiger partial charge in [-0.1, -0.05) is 23.7 Å². The molecule has 0 aliphatic carbocycles. The second-order valence-corrected chi connectivity index (χ2v) is 7.93. The van der Waals surface area contributed by atoms with Crippen molar-refractivity contribution in [3.05, 3.63) is 82.6 Å². The first-order valence-electron chi connectivity index (χ1n) is 10.9. The number of benzene rings is 2. The Morgan fingerprint density at radius 1 is 1.03 bits per heavy atom. The van der Waals surface area contributed by atoms with Gasteiger partial charge in [0.2, 0.25) is 12.7 Å². The fourth-order valence-electron chi connectivity index (χ4n) is 3.11. The SMILES string of the molecule is CCOC(=O)c1ccc(C(Nc2ncccn2)c2cc(Cl)ccc2OCOC(=O)OC(C)C)cc1. The summed E-state index contributed by atoms with van der Waals surface area (Å²) in [6, 6.07) is 13.1. The highest BCUT2D eigenvalue weighted by molar-refractivity contribution is 6.30. The van der Waals surface area contributed by atoms with Gasteiger partial charge in [0.15, 0.2) is 0 Å². The van der Waals surface area contributed by atoms with Crippen LogP contribution in [0.1, 0.15) is 48.3 Å². The van der Waals surface area contributed by atoms with E-state index in [0.717, 1.165) is 5.56 Å². The lowest BCUT2D eigenvalue weighted by Crippen LogP contribution is -2.18. The molecule has 184 valence electrons. The van der Waals surface area contributed by atoms with E-state index in [1.165, 1.54) is 0 Å². The summed E-state index contributed by atoms with van der Waals surface area (Å²) in [5.41, 5.74) is 1.83. The van der Waals surface area contributed by atoms with E-state index in [1.807, 2.05) is 0 Å². The molecule has 3 aromatic rings. The van der Waals surface area contributed by atoms with Crippen molar-refractivity contribution in [3.8, 4) is 5.75 Å². The van der Waals surface area contributed by atoms with Crippen LogP contribution >= 0.6 is 11.6 Å². The maximum atomic E-state index is 12.1. The third-order valence-corrected chi connectivity index (χ3v) is 4.84. The zero-order chi connectivity index (χ0) is 25.2. The fourth-order valence-corrected chi connectivity index (χ4v) is 3.29. The first-order valence-corrected chi connectivity index (χ1v) is 11.3. The Kier molecular flexibility index (Phi) is 9.25. The predicted molar refractivity (Wildman–Crippen MR) is 130 cm³/mol. The van der Waals surface area contributed by atoms with Gasteiger partial charge >= 0.3 is 12.1 Å². The van der Waals surface area contributed by atoms with E-state index >= 15 is 0 Å². The summed E-state index contributed by atoms with van der Waals surface area (Å²) >= 11 is 6.31. The smallest absolute Gasteiger partial charge is 0.462 e. The summed E-state index contributed by atoms with van der Waals surface area (Å²) in [4.78, 5) is 32.3. The monoisotopic (exact) mass is 499 g/mol. The molecule has 0 radical (unpaired) electrons. The number of hydrogen-bond donors (Lipinski definition) is 1. The lowest BCUT2D eigenvalue weighted by molar-refractivity contribution is -0.00847. The van der Waals surface area contributed by atoms with E-state index in [9.17, 15) is 9.59 Å². The van der Waals surface area contributed by atoms with Gasteiger partial charge in [-0.15, -0.1) is 0 Å². The van der Waals surface area contributed by atoms with Gasteiger partial charge in [-0.3, -0.25) is 0 Å². The molecule has 1 heterocycles. The van der Waals surface area contributed by atoms with Gasteiger partial charge in [0, 0.05) is 23.0 Å². The molecule has 9 nitrogen and oxygen atoms in total. The summed E-state index contributed by atoms with van der Waals surface area (Å²) < 4.78 is 20.8. The molecule has 0 saturated heterocycles. The summed E-state index contributed by atoms with van der Waals surface area (Å²) in [6.45, 7) is 5.10. The van der Waals surface area contributed by atoms with Crippen molar-refractivity contribution in [1.29, 1.82) is 0 Å². The van der Waals surface area contributed by atoms with Gasteiger partial charge in [0.25, 0.3) is 0 Å². The molecule has 0 aliphatic rings. The number of nitrogens with one attached hydrogen (secondary N) is 1. The van der Waals surface area contributed by atoms with Crippen LogP contribution in [0.3, 0.4) is 0 Å². The maximum absolute atomic E-state index is 12.1. The number of carbonyl (C=O) groups is 2. The lowest BCUT2D eigenvalue weighted by atomic mass is 9.97. The molecule has 0 amide bonds. The third-order valence-electron chi connectivity index (χ3n) is 4.60. The van der Waals surface area contributed by atoms with Gasteiger partial charge in [-0.05, 0) is 62.7 Å². The predicted octanol–water partition coefficient (Wildman–Crippen LogP) is 5.41. The van der Waals surface area contributed by atoms with Crippen molar-refractivity contribution >= 4 is 29.7 Å². The fraction of sp³-hybridized carbons (Fsp3) is 0.280. The highest BCUT2D eigenvalue weighted by Crippen LogP contribution is 2.34. The first kappa shape index (κ1) is 25.8. The largest absolute Gasteiger partial charge is 0.511 e. The van der Waals surface area contributed by atoms with Crippen LogP contribution in [0.25, 0.3) is 0 Å². The molecule has 10 heteroatoms. The molecule has 0 saturated carbocycles.